The van der Waals surface area contributed by atoms with E-state index in [0.29, 0.717) is 6.42 Å². The Hall–Kier alpha value is -2.10. The predicted molar refractivity (Wildman–Crippen MR) is 80.9 cm³/mol. The first-order valence-corrected chi connectivity index (χ1v) is 8.98. The molecule has 0 bridgehead atoms. The van der Waals surface area contributed by atoms with Gasteiger partial charge in [0.05, 0.1) is 0 Å². The maximum absolute atomic E-state index is 12.6. The van der Waals surface area contributed by atoms with E-state index in [1.54, 1.807) is 6.92 Å². The van der Waals surface area contributed by atoms with Crippen LogP contribution in [-0.4, -0.2) is 11.7 Å². The quantitative estimate of drug-likeness (QED) is 0.601. The molecule has 0 saturated carbocycles. The van der Waals surface area contributed by atoms with Gasteiger partial charge in [-0.3, -0.25) is 4.79 Å². The highest BCUT2D eigenvalue weighted by molar-refractivity contribution is 6.02. The maximum atomic E-state index is 12.6. The molecular weight excluding hydrogens is 364 g/mol. The lowest BCUT2D eigenvalue weighted by Crippen LogP contribution is -2.68. The molecule has 9 heteroatoms. The maximum Gasteiger partial charge on any atom is 0.294 e. The molecule has 0 fully saturated rings. The molecule has 1 aromatic carbocycles. The molecule has 140 valence electrons. The number of nitrogens with one attached hydrogen (secondary N) is 1. The van der Waals surface area contributed by atoms with Crippen LogP contribution in [0, 0.1) is 15.7 Å². The number of para-hydroxylation sites is 1. The van der Waals surface area contributed by atoms with Gasteiger partial charge in [-0.2, -0.15) is 4.57 Å². The van der Waals surface area contributed by atoms with E-state index in [1.807, 2.05) is 54.9 Å². The summed E-state index contributed by atoms with van der Waals surface area (Å²) in [4.78, 5) is 24.1. The van der Waals surface area contributed by atoms with Gasteiger partial charge in [-0.25, -0.2) is 18.6 Å². The monoisotopic (exact) mass is 382 g/mol. The zero-order valence-corrected chi connectivity index (χ0v) is 15.3. The SMILES string of the molecule is CC(=O)CC(C)(C)C1C(=O)Nc2cccc3ccc[n+]1c23.[O-][Cl+3]([O-])([O-])[O-]. The lowest BCUT2D eigenvalue weighted by Gasteiger charge is -2.31. The van der Waals surface area contributed by atoms with Crippen LogP contribution in [0.4, 0.5) is 5.69 Å². The van der Waals surface area contributed by atoms with Crippen LogP contribution in [0.1, 0.15) is 33.2 Å². The summed E-state index contributed by atoms with van der Waals surface area (Å²) in [5, 5.41) is 4.06. The van der Waals surface area contributed by atoms with E-state index in [2.05, 4.69) is 5.32 Å². The van der Waals surface area contributed by atoms with Crippen molar-refractivity contribution in [1.29, 1.82) is 0 Å². The number of amides is 1. The number of pyridine rings is 1. The molecule has 0 aliphatic carbocycles. The standard InChI is InChI=1S/C17H18N2O2.ClHO4/c1-11(20)10-17(2,3)15-16(21)18-13-8-4-6-12-7-5-9-19(15)14(12)13;2-1(3,4)5/h4-9,15H,10H2,1-3H3;(H,2,3,4,5). The number of ketones is 1. The Morgan fingerprint density at radius 1 is 1.19 bits per heavy atom. The first-order chi connectivity index (χ1) is 11.9. The summed E-state index contributed by atoms with van der Waals surface area (Å²) in [6.45, 7) is 5.51. The van der Waals surface area contributed by atoms with Crippen LogP contribution in [0.3, 0.4) is 0 Å². The van der Waals surface area contributed by atoms with E-state index in [0.717, 1.165) is 16.6 Å². The number of anilines is 1. The summed E-state index contributed by atoms with van der Waals surface area (Å²) in [6, 6.07) is 9.46. The molecule has 8 nitrogen and oxygen atoms in total. The van der Waals surface area contributed by atoms with Crippen LogP contribution < -0.4 is 28.5 Å². The molecule has 1 N–H and O–H groups in total. The number of benzene rings is 1. The summed E-state index contributed by atoms with van der Waals surface area (Å²) in [5.41, 5.74) is 1.40. The third-order valence-corrected chi connectivity index (χ3v) is 4.08. The summed E-state index contributed by atoms with van der Waals surface area (Å²) in [6.07, 6.45) is 2.30. The van der Waals surface area contributed by atoms with Crippen molar-refractivity contribution in [3.05, 3.63) is 36.5 Å². The van der Waals surface area contributed by atoms with Crippen molar-refractivity contribution in [3.8, 4) is 0 Å². The molecule has 3 rings (SSSR count). The molecule has 1 aliphatic heterocycles. The van der Waals surface area contributed by atoms with Crippen molar-refractivity contribution in [2.75, 3.05) is 5.32 Å². The summed E-state index contributed by atoms with van der Waals surface area (Å²) >= 11 is 0. The van der Waals surface area contributed by atoms with E-state index >= 15 is 0 Å². The van der Waals surface area contributed by atoms with Crippen molar-refractivity contribution in [1.82, 2.24) is 0 Å². The second kappa shape index (κ2) is 7.26. The molecule has 1 aromatic heterocycles. The first kappa shape index (κ1) is 20.2. The Balaban J connectivity index is 0.000000431. The molecular formula is C17H19ClN2O6. The van der Waals surface area contributed by atoms with Crippen LogP contribution >= 0.6 is 0 Å². The average molecular weight is 383 g/mol. The number of halogens is 1. The zero-order valence-electron chi connectivity index (χ0n) is 14.5. The van der Waals surface area contributed by atoms with Crippen LogP contribution in [0.15, 0.2) is 36.5 Å². The summed E-state index contributed by atoms with van der Waals surface area (Å²) in [7, 11) is -4.94. The Morgan fingerprint density at radius 2 is 1.77 bits per heavy atom. The molecule has 0 radical (unpaired) electrons. The van der Waals surface area contributed by atoms with E-state index in [1.165, 1.54) is 0 Å². The average Bonchev–Trinajstić information content (AvgIpc) is 2.44. The number of rotatable bonds is 3. The molecule has 1 amide bonds. The highest BCUT2D eigenvalue weighted by Crippen LogP contribution is 2.36. The Labute approximate surface area is 152 Å². The molecule has 1 atom stereocenters. The fourth-order valence-electron chi connectivity index (χ4n) is 3.41. The normalized spacial score (nSPS) is 16.6. The van der Waals surface area contributed by atoms with Gasteiger partial charge in [0.2, 0.25) is 11.6 Å². The second-order valence-corrected chi connectivity index (χ2v) is 7.55. The fourth-order valence-corrected chi connectivity index (χ4v) is 3.41. The van der Waals surface area contributed by atoms with Gasteiger partial charge in [-0.1, -0.05) is 19.9 Å². The van der Waals surface area contributed by atoms with E-state index in [9.17, 15) is 9.59 Å². The van der Waals surface area contributed by atoms with E-state index in [4.69, 9.17) is 18.6 Å². The first-order valence-electron chi connectivity index (χ1n) is 7.75. The van der Waals surface area contributed by atoms with Crippen molar-refractivity contribution in [2.45, 2.75) is 33.2 Å². The van der Waals surface area contributed by atoms with Crippen molar-refractivity contribution in [2.24, 2.45) is 5.41 Å². The van der Waals surface area contributed by atoms with Gasteiger partial charge in [0.25, 0.3) is 5.91 Å². The van der Waals surface area contributed by atoms with Crippen molar-refractivity contribution in [3.63, 3.8) is 0 Å². The number of carbonyl (C=O) groups is 2. The number of aromatic nitrogens is 1. The third-order valence-electron chi connectivity index (χ3n) is 4.08. The number of carbonyl (C=O) groups excluding carboxylic acids is 2. The van der Waals surface area contributed by atoms with Gasteiger partial charge in [-0.05, 0) is 25.1 Å². The minimum Gasteiger partial charge on any atom is -0.315 e. The molecule has 0 saturated heterocycles. The van der Waals surface area contributed by atoms with Gasteiger partial charge < -0.3 is 10.1 Å². The molecule has 2 heterocycles. The van der Waals surface area contributed by atoms with Gasteiger partial charge in [-0.15, -0.1) is 10.2 Å². The number of hydrogen-bond acceptors (Lipinski definition) is 6. The minimum atomic E-state index is -4.94. The largest absolute Gasteiger partial charge is 0.315 e. The highest BCUT2D eigenvalue weighted by atomic mass is 35.7. The van der Waals surface area contributed by atoms with E-state index in [-0.39, 0.29) is 17.7 Å². The number of hydrogen-bond donors (Lipinski definition) is 1. The topological polar surface area (TPSA) is 142 Å². The number of Topliss-reactive ketones (excluding diaryl/α,β-unsaturated/α-hetero) is 1. The van der Waals surface area contributed by atoms with Crippen LogP contribution in [0.25, 0.3) is 10.9 Å². The molecule has 2 aromatic rings. The van der Waals surface area contributed by atoms with Gasteiger partial charge >= 0.3 is 0 Å². The van der Waals surface area contributed by atoms with E-state index < -0.39 is 15.7 Å². The molecule has 1 aliphatic rings. The van der Waals surface area contributed by atoms with Gasteiger partial charge in [0, 0.05) is 23.3 Å². The van der Waals surface area contributed by atoms with Crippen LogP contribution in [0.2, 0.25) is 0 Å². The van der Waals surface area contributed by atoms with Crippen molar-refractivity contribution < 1.29 is 43.0 Å². The molecule has 1 unspecified atom stereocenters. The lowest BCUT2D eigenvalue weighted by molar-refractivity contribution is -2.00. The Morgan fingerprint density at radius 3 is 2.35 bits per heavy atom. The highest BCUT2D eigenvalue weighted by Gasteiger charge is 2.47. The lowest BCUT2D eigenvalue weighted by atomic mass is 9.78. The smallest absolute Gasteiger partial charge is 0.294 e. The molecule has 0 spiro atoms. The Kier molecular flexibility index (Phi) is 5.64. The second-order valence-electron chi connectivity index (χ2n) is 6.80. The summed E-state index contributed by atoms with van der Waals surface area (Å²) < 4.78 is 36.0. The van der Waals surface area contributed by atoms with Gasteiger partial charge in [0.1, 0.15) is 11.5 Å². The van der Waals surface area contributed by atoms with Crippen LogP contribution in [-0.2, 0) is 9.59 Å². The predicted octanol–water partition coefficient (Wildman–Crippen LogP) is -2.13. The number of nitrogens with zero attached hydrogens (tertiary/aromatic N) is 1. The zero-order chi connectivity index (χ0) is 19.7. The van der Waals surface area contributed by atoms with Crippen LogP contribution in [0.5, 0.6) is 0 Å². The van der Waals surface area contributed by atoms with Gasteiger partial charge in [0.15, 0.2) is 6.20 Å². The Bertz CT molecular complexity index is 836. The summed E-state index contributed by atoms with van der Waals surface area (Å²) in [5.74, 6) is 0.0388. The molecule has 26 heavy (non-hydrogen) atoms. The fraction of sp³-hybridized carbons (Fsp3) is 0.353. The third kappa shape index (κ3) is 4.75. The van der Waals surface area contributed by atoms with Crippen molar-refractivity contribution >= 4 is 28.3 Å². The minimum absolute atomic E-state index is 0.0579.